The SMILES string of the molecule is Cc1cc(F)cc(C(=O)N2C(C(=O)O)CC3CCCCC32)c1. The average Bonchev–Trinajstić information content (AvgIpc) is 2.85. The van der Waals surface area contributed by atoms with Gasteiger partial charge in [-0.05, 0) is 55.9 Å². The van der Waals surface area contributed by atoms with Crippen LogP contribution >= 0.6 is 0 Å². The molecule has 1 saturated heterocycles. The third kappa shape index (κ3) is 2.60. The van der Waals surface area contributed by atoms with Crippen molar-refractivity contribution >= 4 is 11.9 Å². The van der Waals surface area contributed by atoms with Crippen LogP contribution < -0.4 is 0 Å². The summed E-state index contributed by atoms with van der Waals surface area (Å²) in [5.74, 6) is -1.52. The maximum Gasteiger partial charge on any atom is 0.326 e. The number of carboxylic acid groups (broad SMARTS) is 1. The van der Waals surface area contributed by atoms with Gasteiger partial charge in [0.15, 0.2) is 0 Å². The van der Waals surface area contributed by atoms with E-state index in [0.29, 0.717) is 12.0 Å². The number of aryl methyl sites for hydroxylation is 1. The van der Waals surface area contributed by atoms with Crippen LogP contribution in [0.4, 0.5) is 4.39 Å². The van der Waals surface area contributed by atoms with Crippen molar-refractivity contribution in [3.05, 3.63) is 35.1 Å². The molecule has 2 aliphatic rings. The van der Waals surface area contributed by atoms with Gasteiger partial charge in [-0.1, -0.05) is 12.8 Å². The van der Waals surface area contributed by atoms with E-state index in [1.807, 2.05) is 0 Å². The molecule has 2 fully saturated rings. The number of rotatable bonds is 2. The van der Waals surface area contributed by atoms with Crippen molar-refractivity contribution in [2.45, 2.75) is 51.1 Å². The van der Waals surface area contributed by atoms with E-state index in [0.717, 1.165) is 25.7 Å². The summed E-state index contributed by atoms with van der Waals surface area (Å²) in [7, 11) is 0. The van der Waals surface area contributed by atoms with Gasteiger partial charge in [0.25, 0.3) is 5.91 Å². The van der Waals surface area contributed by atoms with E-state index in [4.69, 9.17) is 0 Å². The summed E-state index contributed by atoms with van der Waals surface area (Å²) in [6.07, 6.45) is 4.43. The number of hydrogen-bond donors (Lipinski definition) is 1. The molecule has 3 unspecified atom stereocenters. The molecule has 1 aromatic rings. The van der Waals surface area contributed by atoms with Crippen molar-refractivity contribution in [1.29, 1.82) is 0 Å². The van der Waals surface area contributed by atoms with Crippen LogP contribution in [0.15, 0.2) is 18.2 Å². The Morgan fingerprint density at radius 2 is 1.95 bits per heavy atom. The van der Waals surface area contributed by atoms with Gasteiger partial charge in [-0.3, -0.25) is 4.79 Å². The summed E-state index contributed by atoms with van der Waals surface area (Å²) in [6.45, 7) is 1.72. The Labute approximate surface area is 128 Å². The number of fused-ring (bicyclic) bond motifs is 1. The molecular weight excluding hydrogens is 285 g/mol. The zero-order valence-electron chi connectivity index (χ0n) is 12.6. The van der Waals surface area contributed by atoms with Crippen LogP contribution in [-0.2, 0) is 4.79 Å². The van der Waals surface area contributed by atoms with Gasteiger partial charge >= 0.3 is 5.97 Å². The fourth-order valence-electron chi connectivity index (χ4n) is 3.98. The fraction of sp³-hybridized carbons (Fsp3) is 0.529. The monoisotopic (exact) mass is 305 g/mol. The lowest BCUT2D eigenvalue weighted by Gasteiger charge is -2.33. The maximum atomic E-state index is 13.6. The lowest BCUT2D eigenvalue weighted by Crippen LogP contribution is -2.46. The number of amides is 1. The van der Waals surface area contributed by atoms with Gasteiger partial charge < -0.3 is 10.0 Å². The Balaban J connectivity index is 1.95. The molecule has 0 spiro atoms. The van der Waals surface area contributed by atoms with Crippen LogP contribution in [0.2, 0.25) is 0 Å². The number of nitrogens with zero attached hydrogens (tertiary/aromatic N) is 1. The van der Waals surface area contributed by atoms with E-state index in [2.05, 4.69) is 0 Å². The van der Waals surface area contributed by atoms with E-state index < -0.39 is 17.8 Å². The second-order valence-electron chi connectivity index (χ2n) is 6.43. The summed E-state index contributed by atoms with van der Waals surface area (Å²) in [4.78, 5) is 25.9. The Bertz CT molecular complexity index is 596. The summed E-state index contributed by atoms with van der Waals surface area (Å²) in [5.41, 5.74) is 0.907. The molecule has 22 heavy (non-hydrogen) atoms. The Morgan fingerprint density at radius 1 is 1.23 bits per heavy atom. The third-order valence-corrected chi connectivity index (χ3v) is 4.90. The van der Waals surface area contributed by atoms with E-state index in [1.165, 1.54) is 17.0 Å². The standard InChI is InChI=1S/C17H20FNO3/c1-10-6-12(8-13(18)7-10)16(20)19-14-5-3-2-4-11(14)9-15(19)17(21)22/h6-8,11,14-15H,2-5,9H2,1H3,(H,21,22). The first-order valence-corrected chi connectivity index (χ1v) is 7.80. The quantitative estimate of drug-likeness (QED) is 0.914. The lowest BCUT2D eigenvalue weighted by atomic mass is 9.84. The molecule has 4 nitrogen and oxygen atoms in total. The summed E-state index contributed by atoms with van der Waals surface area (Å²) >= 11 is 0. The number of benzene rings is 1. The molecule has 1 aliphatic carbocycles. The molecule has 5 heteroatoms. The van der Waals surface area contributed by atoms with Gasteiger partial charge in [0.05, 0.1) is 0 Å². The highest BCUT2D eigenvalue weighted by atomic mass is 19.1. The highest BCUT2D eigenvalue weighted by Gasteiger charge is 2.47. The predicted octanol–water partition coefficient (Wildman–Crippen LogP) is 2.99. The Kier molecular flexibility index (Phi) is 3.89. The van der Waals surface area contributed by atoms with Crippen LogP contribution in [-0.4, -0.2) is 34.0 Å². The lowest BCUT2D eigenvalue weighted by molar-refractivity contribution is -0.141. The number of halogens is 1. The number of carbonyl (C=O) groups is 2. The van der Waals surface area contributed by atoms with Crippen LogP contribution in [0.25, 0.3) is 0 Å². The Hall–Kier alpha value is -1.91. The van der Waals surface area contributed by atoms with Gasteiger partial charge in [-0.2, -0.15) is 0 Å². The van der Waals surface area contributed by atoms with E-state index in [1.54, 1.807) is 13.0 Å². The summed E-state index contributed by atoms with van der Waals surface area (Å²) in [5, 5.41) is 9.47. The molecular formula is C17H20FNO3. The first kappa shape index (κ1) is 15.0. The van der Waals surface area contributed by atoms with E-state index >= 15 is 0 Å². The van der Waals surface area contributed by atoms with Crippen molar-refractivity contribution in [3.63, 3.8) is 0 Å². The number of likely N-dealkylation sites (tertiary alicyclic amines) is 1. The fourth-order valence-corrected chi connectivity index (χ4v) is 3.98. The van der Waals surface area contributed by atoms with Gasteiger partial charge in [-0.15, -0.1) is 0 Å². The summed E-state index contributed by atoms with van der Waals surface area (Å²) in [6, 6.07) is 3.37. The van der Waals surface area contributed by atoms with Crippen LogP contribution in [0.5, 0.6) is 0 Å². The maximum absolute atomic E-state index is 13.6. The van der Waals surface area contributed by atoms with E-state index in [-0.39, 0.29) is 23.4 Å². The summed E-state index contributed by atoms with van der Waals surface area (Å²) < 4.78 is 13.6. The molecule has 1 amide bonds. The van der Waals surface area contributed by atoms with Crippen molar-refractivity contribution in [2.24, 2.45) is 5.92 Å². The third-order valence-electron chi connectivity index (χ3n) is 4.90. The largest absolute Gasteiger partial charge is 0.480 e. The predicted molar refractivity (Wildman–Crippen MR) is 79.1 cm³/mol. The van der Waals surface area contributed by atoms with Crippen LogP contribution in [0.3, 0.4) is 0 Å². The number of carbonyl (C=O) groups excluding carboxylic acids is 1. The number of aliphatic carboxylic acids is 1. The molecule has 0 radical (unpaired) electrons. The molecule has 1 saturated carbocycles. The van der Waals surface area contributed by atoms with Crippen molar-refractivity contribution in [2.75, 3.05) is 0 Å². The molecule has 3 atom stereocenters. The molecule has 118 valence electrons. The molecule has 1 N–H and O–H groups in total. The van der Waals surface area contributed by atoms with Gasteiger partial charge in [0.2, 0.25) is 0 Å². The van der Waals surface area contributed by atoms with Crippen molar-refractivity contribution in [3.8, 4) is 0 Å². The number of carboxylic acids is 1. The van der Waals surface area contributed by atoms with Crippen molar-refractivity contribution in [1.82, 2.24) is 4.90 Å². The zero-order chi connectivity index (χ0) is 15.9. The minimum absolute atomic E-state index is 0.0223. The normalized spacial score (nSPS) is 27.5. The first-order chi connectivity index (χ1) is 10.5. The smallest absolute Gasteiger partial charge is 0.326 e. The molecule has 1 aromatic carbocycles. The molecule has 3 rings (SSSR count). The zero-order valence-corrected chi connectivity index (χ0v) is 12.6. The van der Waals surface area contributed by atoms with Gasteiger partial charge in [-0.25, -0.2) is 9.18 Å². The number of hydrogen-bond acceptors (Lipinski definition) is 2. The molecule has 1 aliphatic heterocycles. The first-order valence-electron chi connectivity index (χ1n) is 7.80. The van der Waals surface area contributed by atoms with Crippen molar-refractivity contribution < 1.29 is 19.1 Å². The Morgan fingerprint density at radius 3 is 2.64 bits per heavy atom. The minimum Gasteiger partial charge on any atom is -0.480 e. The van der Waals surface area contributed by atoms with Gasteiger partial charge in [0, 0.05) is 11.6 Å². The van der Waals surface area contributed by atoms with E-state index in [9.17, 15) is 19.1 Å². The van der Waals surface area contributed by atoms with Gasteiger partial charge in [0.1, 0.15) is 11.9 Å². The highest BCUT2D eigenvalue weighted by molar-refractivity contribution is 5.97. The second kappa shape index (κ2) is 5.71. The average molecular weight is 305 g/mol. The highest BCUT2D eigenvalue weighted by Crippen LogP contribution is 2.40. The minimum atomic E-state index is -0.962. The molecule has 1 heterocycles. The van der Waals surface area contributed by atoms with Crippen LogP contribution in [0.1, 0.15) is 48.0 Å². The second-order valence-corrected chi connectivity index (χ2v) is 6.43. The molecule has 0 aromatic heterocycles. The molecule has 0 bridgehead atoms. The topological polar surface area (TPSA) is 57.6 Å². The van der Waals surface area contributed by atoms with Crippen LogP contribution in [0, 0.1) is 18.7 Å².